The van der Waals surface area contributed by atoms with Gasteiger partial charge in [-0.3, -0.25) is 4.79 Å². The highest BCUT2D eigenvalue weighted by Gasteiger charge is 2.30. The van der Waals surface area contributed by atoms with Crippen LogP contribution in [0.3, 0.4) is 0 Å². The molecule has 1 amide bonds. The van der Waals surface area contributed by atoms with Gasteiger partial charge >= 0.3 is 0 Å². The van der Waals surface area contributed by atoms with E-state index in [1.165, 1.54) is 17.0 Å². The van der Waals surface area contributed by atoms with Gasteiger partial charge in [-0.2, -0.15) is 0 Å². The van der Waals surface area contributed by atoms with Gasteiger partial charge in [0.1, 0.15) is 10.8 Å². The number of rotatable bonds is 3. The first kappa shape index (κ1) is 20.2. The molecule has 1 aromatic carbocycles. The van der Waals surface area contributed by atoms with Gasteiger partial charge in [0.05, 0.1) is 16.6 Å². The highest BCUT2D eigenvalue weighted by atomic mass is 35.5. The molecule has 4 nitrogen and oxygen atoms in total. The smallest absolute Gasteiger partial charge is 0.223 e. The summed E-state index contributed by atoms with van der Waals surface area (Å²) in [5, 5.41) is 7.59. The van der Waals surface area contributed by atoms with Crippen LogP contribution in [-0.4, -0.2) is 23.5 Å². The summed E-state index contributed by atoms with van der Waals surface area (Å²) in [6.45, 7) is 3.04. The van der Waals surface area contributed by atoms with E-state index in [1.54, 1.807) is 23.5 Å². The molecule has 0 bridgehead atoms. The minimum atomic E-state index is -0.239. The molecule has 1 unspecified atom stereocenters. The maximum Gasteiger partial charge on any atom is 0.223 e. The standard InChI is InChI=1S/C20H24FN3OS.ClH/c1-12-11-14(9-10-22-12)19(25)23-16-3-2-4-17-18(16)26-20(24-17)13-5-7-15(21)8-6-13;/h5-8,12,14,16,22H,2-4,9-11H2,1H3,(H,23,25);1H/t12-,14-,16?;/m0./s1. The van der Waals surface area contributed by atoms with Crippen LogP contribution in [0.2, 0.25) is 0 Å². The Morgan fingerprint density at radius 3 is 2.81 bits per heavy atom. The van der Waals surface area contributed by atoms with E-state index in [4.69, 9.17) is 4.98 Å². The normalized spacial score (nSPS) is 24.6. The van der Waals surface area contributed by atoms with E-state index in [-0.39, 0.29) is 36.1 Å². The number of piperidine rings is 1. The molecule has 1 saturated heterocycles. The summed E-state index contributed by atoms with van der Waals surface area (Å²) >= 11 is 1.63. The van der Waals surface area contributed by atoms with Gasteiger partial charge in [0, 0.05) is 17.5 Å². The van der Waals surface area contributed by atoms with Gasteiger partial charge in [-0.15, -0.1) is 23.7 Å². The molecular weight excluding hydrogens is 385 g/mol. The molecule has 1 fully saturated rings. The number of thiazole rings is 1. The van der Waals surface area contributed by atoms with Gasteiger partial charge < -0.3 is 10.6 Å². The molecule has 2 aliphatic rings. The number of aromatic nitrogens is 1. The van der Waals surface area contributed by atoms with Crippen LogP contribution in [0.4, 0.5) is 4.39 Å². The molecule has 3 atom stereocenters. The van der Waals surface area contributed by atoms with E-state index in [9.17, 15) is 9.18 Å². The van der Waals surface area contributed by atoms with Crippen LogP contribution >= 0.6 is 23.7 Å². The largest absolute Gasteiger partial charge is 0.348 e. The summed E-state index contributed by atoms with van der Waals surface area (Å²) in [4.78, 5) is 18.7. The van der Waals surface area contributed by atoms with Crippen molar-refractivity contribution in [2.75, 3.05) is 6.54 Å². The molecule has 1 aliphatic heterocycles. The van der Waals surface area contributed by atoms with E-state index in [1.807, 2.05) is 0 Å². The van der Waals surface area contributed by atoms with E-state index < -0.39 is 0 Å². The minimum absolute atomic E-state index is 0. The van der Waals surface area contributed by atoms with E-state index in [2.05, 4.69) is 17.6 Å². The lowest BCUT2D eigenvalue weighted by Gasteiger charge is -2.29. The summed E-state index contributed by atoms with van der Waals surface area (Å²) in [5.41, 5.74) is 2.02. The number of nitrogens with one attached hydrogen (secondary N) is 2. The number of carbonyl (C=O) groups excluding carboxylic acids is 1. The van der Waals surface area contributed by atoms with Gasteiger partial charge in [0.25, 0.3) is 0 Å². The average molecular weight is 410 g/mol. The number of carbonyl (C=O) groups is 1. The SMILES string of the molecule is C[C@H]1C[C@@H](C(=O)NC2CCCc3nc(-c4ccc(F)cc4)sc32)CCN1.Cl. The van der Waals surface area contributed by atoms with Crippen LogP contribution in [0.15, 0.2) is 24.3 Å². The molecule has 27 heavy (non-hydrogen) atoms. The molecule has 0 saturated carbocycles. The molecule has 2 heterocycles. The number of hydrogen-bond donors (Lipinski definition) is 2. The van der Waals surface area contributed by atoms with Gasteiger partial charge in [-0.1, -0.05) is 0 Å². The number of halogens is 2. The van der Waals surface area contributed by atoms with Crippen LogP contribution < -0.4 is 10.6 Å². The zero-order chi connectivity index (χ0) is 18.1. The molecule has 2 N–H and O–H groups in total. The van der Waals surface area contributed by atoms with Crippen LogP contribution in [0.1, 0.15) is 49.2 Å². The lowest BCUT2D eigenvalue weighted by molar-refractivity contribution is -0.126. The van der Waals surface area contributed by atoms with Crippen molar-refractivity contribution in [3.8, 4) is 10.6 Å². The third-order valence-electron chi connectivity index (χ3n) is 5.35. The molecule has 7 heteroatoms. The van der Waals surface area contributed by atoms with Crippen molar-refractivity contribution in [1.82, 2.24) is 15.6 Å². The summed E-state index contributed by atoms with van der Waals surface area (Å²) in [6.07, 6.45) is 4.75. The number of amides is 1. The zero-order valence-corrected chi connectivity index (χ0v) is 17.0. The van der Waals surface area contributed by atoms with Gasteiger partial charge in [0.15, 0.2) is 0 Å². The second-order valence-corrected chi connectivity index (χ2v) is 8.40. The highest BCUT2D eigenvalue weighted by molar-refractivity contribution is 7.15. The third-order valence-corrected chi connectivity index (χ3v) is 6.61. The Morgan fingerprint density at radius 1 is 1.30 bits per heavy atom. The van der Waals surface area contributed by atoms with Crippen LogP contribution in [-0.2, 0) is 11.2 Å². The summed E-state index contributed by atoms with van der Waals surface area (Å²) in [6, 6.07) is 6.92. The van der Waals surface area contributed by atoms with Crippen molar-refractivity contribution in [3.63, 3.8) is 0 Å². The summed E-state index contributed by atoms with van der Waals surface area (Å²) < 4.78 is 13.2. The van der Waals surface area contributed by atoms with Crippen LogP contribution in [0.25, 0.3) is 10.6 Å². The first-order chi connectivity index (χ1) is 12.6. The predicted octanol–water partition coefficient (Wildman–Crippen LogP) is 4.25. The molecule has 2 aromatic rings. The van der Waals surface area contributed by atoms with Gasteiger partial charge in [0.2, 0.25) is 5.91 Å². The van der Waals surface area contributed by atoms with Gasteiger partial charge in [-0.05, 0) is 69.8 Å². The van der Waals surface area contributed by atoms with Crippen molar-refractivity contribution in [1.29, 1.82) is 0 Å². The fourth-order valence-electron chi connectivity index (χ4n) is 3.93. The van der Waals surface area contributed by atoms with Crippen molar-refractivity contribution in [3.05, 3.63) is 40.7 Å². The average Bonchev–Trinajstić information content (AvgIpc) is 3.07. The summed E-state index contributed by atoms with van der Waals surface area (Å²) in [7, 11) is 0. The second-order valence-electron chi connectivity index (χ2n) is 7.37. The molecule has 1 aliphatic carbocycles. The molecule has 4 rings (SSSR count). The Morgan fingerprint density at radius 2 is 2.07 bits per heavy atom. The van der Waals surface area contributed by atoms with Crippen LogP contribution in [0, 0.1) is 11.7 Å². The lowest BCUT2D eigenvalue weighted by Crippen LogP contribution is -2.43. The molecule has 1 aromatic heterocycles. The highest BCUT2D eigenvalue weighted by Crippen LogP contribution is 2.38. The zero-order valence-electron chi connectivity index (χ0n) is 15.3. The van der Waals surface area contributed by atoms with Gasteiger partial charge in [-0.25, -0.2) is 9.37 Å². The first-order valence-corrected chi connectivity index (χ1v) is 10.2. The fourth-order valence-corrected chi connectivity index (χ4v) is 5.14. The maximum atomic E-state index is 13.2. The second kappa shape index (κ2) is 8.67. The molecule has 0 spiro atoms. The van der Waals surface area contributed by atoms with E-state index >= 15 is 0 Å². The predicted molar refractivity (Wildman–Crippen MR) is 109 cm³/mol. The quantitative estimate of drug-likeness (QED) is 0.796. The van der Waals surface area contributed by atoms with Crippen molar-refractivity contribution in [2.45, 2.75) is 51.1 Å². The Kier molecular flexibility index (Phi) is 6.50. The van der Waals surface area contributed by atoms with Crippen molar-refractivity contribution < 1.29 is 9.18 Å². The van der Waals surface area contributed by atoms with Crippen molar-refractivity contribution in [2.24, 2.45) is 5.92 Å². The number of fused-ring (bicyclic) bond motifs is 1. The molecular formula is C20H25ClFN3OS. The Bertz CT molecular complexity index is 795. The monoisotopic (exact) mass is 409 g/mol. The number of hydrogen-bond acceptors (Lipinski definition) is 4. The lowest BCUT2D eigenvalue weighted by atomic mass is 9.91. The Balaban J connectivity index is 0.00000210. The maximum absolute atomic E-state index is 13.2. The Hall–Kier alpha value is -1.50. The fraction of sp³-hybridized carbons (Fsp3) is 0.500. The van der Waals surface area contributed by atoms with Crippen molar-refractivity contribution >= 4 is 29.7 Å². The number of nitrogens with zero attached hydrogens (tertiary/aromatic N) is 1. The molecule has 0 radical (unpaired) electrons. The first-order valence-electron chi connectivity index (χ1n) is 9.39. The Labute approximate surface area is 169 Å². The number of aryl methyl sites for hydroxylation is 1. The number of benzene rings is 1. The minimum Gasteiger partial charge on any atom is -0.348 e. The van der Waals surface area contributed by atoms with E-state index in [0.29, 0.717) is 6.04 Å². The summed E-state index contributed by atoms with van der Waals surface area (Å²) in [5.74, 6) is 0.0328. The van der Waals surface area contributed by atoms with E-state index in [0.717, 1.165) is 54.9 Å². The topological polar surface area (TPSA) is 54.0 Å². The van der Waals surface area contributed by atoms with Crippen LogP contribution in [0.5, 0.6) is 0 Å². The third kappa shape index (κ3) is 4.50. The molecule has 146 valence electrons.